The van der Waals surface area contributed by atoms with E-state index >= 15 is 0 Å². The van der Waals surface area contributed by atoms with Crippen LogP contribution in [0.3, 0.4) is 0 Å². The van der Waals surface area contributed by atoms with Gasteiger partial charge < -0.3 is 10.5 Å². The molecule has 56 valence electrons. The van der Waals surface area contributed by atoms with E-state index in [1.54, 1.807) is 7.11 Å². The second-order valence-corrected chi connectivity index (χ2v) is 2.65. The standard InChI is InChI=1S/C5H9N3OS/c1-3(9-2)4-7-5(6)10-8-4/h3H,1-2H3,(H2,6,7,8)/t3-/m0/s1. The normalized spacial score (nSPS) is 13.4. The van der Waals surface area contributed by atoms with Crippen LogP contribution in [0.4, 0.5) is 5.13 Å². The molecule has 0 saturated carbocycles. The van der Waals surface area contributed by atoms with E-state index in [0.29, 0.717) is 11.0 Å². The lowest BCUT2D eigenvalue weighted by Gasteiger charge is -2.01. The summed E-state index contributed by atoms with van der Waals surface area (Å²) in [4.78, 5) is 3.94. The molecule has 0 unspecified atom stereocenters. The number of methoxy groups -OCH3 is 1. The highest BCUT2D eigenvalue weighted by Gasteiger charge is 2.08. The number of ether oxygens (including phenoxy) is 1. The predicted molar refractivity (Wildman–Crippen MR) is 39.7 cm³/mol. The van der Waals surface area contributed by atoms with Crippen molar-refractivity contribution in [2.75, 3.05) is 12.8 Å². The van der Waals surface area contributed by atoms with Crippen LogP contribution in [0.1, 0.15) is 18.9 Å². The minimum atomic E-state index is -0.0615. The lowest BCUT2D eigenvalue weighted by atomic mass is 10.4. The highest BCUT2D eigenvalue weighted by molar-refractivity contribution is 7.09. The lowest BCUT2D eigenvalue weighted by molar-refractivity contribution is 0.113. The van der Waals surface area contributed by atoms with Crippen molar-refractivity contribution in [2.24, 2.45) is 0 Å². The van der Waals surface area contributed by atoms with E-state index in [1.807, 2.05) is 6.92 Å². The van der Waals surface area contributed by atoms with Gasteiger partial charge in [0.2, 0.25) is 0 Å². The SMILES string of the molecule is CO[C@@H](C)c1nsc(N)n1. The maximum Gasteiger partial charge on any atom is 0.200 e. The Balaban J connectivity index is 2.74. The molecule has 0 fully saturated rings. The Labute approximate surface area is 63.2 Å². The monoisotopic (exact) mass is 159 g/mol. The van der Waals surface area contributed by atoms with Gasteiger partial charge in [-0.1, -0.05) is 0 Å². The summed E-state index contributed by atoms with van der Waals surface area (Å²) >= 11 is 1.18. The van der Waals surface area contributed by atoms with Crippen molar-refractivity contribution in [1.29, 1.82) is 0 Å². The van der Waals surface area contributed by atoms with Gasteiger partial charge in [0, 0.05) is 18.6 Å². The fourth-order valence-electron chi connectivity index (χ4n) is 0.518. The van der Waals surface area contributed by atoms with Gasteiger partial charge in [0.25, 0.3) is 0 Å². The summed E-state index contributed by atoms with van der Waals surface area (Å²) in [6.07, 6.45) is -0.0615. The Morgan fingerprint density at radius 2 is 2.40 bits per heavy atom. The highest BCUT2D eigenvalue weighted by atomic mass is 32.1. The second kappa shape index (κ2) is 2.94. The molecule has 1 aromatic rings. The van der Waals surface area contributed by atoms with Gasteiger partial charge in [-0.15, -0.1) is 0 Å². The van der Waals surface area contributed by atoms with E-state index in [4.69, 9.17) is 10.5 Å². The third-order valence-electron chi connectivity index (χ3n) is 1.17. The van der Waals surface area contributed by atoms with E-state index in [9.17, 15) is 0 Å². The Bertz CT molecular complexity index is 212. The number of aromatic nitrogens is 2. The molecule has 0 amide bonds. The Morgan fingerprint density at radius 1 is 1.70 bits per heavy atom. The van der Waals surface area contributed by atoms with E-state index in [2.05, 4.69) is 9.36 Å². The molecule has 0 saturated heterocycles. The van der Waals surface area contributed by atoms with Crippen LogP contribution >= 0.6 is 11.5 Å². The summed E-state index contributed by atoms with van der Waals surface area (Å²) in [5.74, 6) is 0.657. The van der Waals surface area contributed by atoms with Gasteiger partial charge in [-0.25, -0.2) is 4.98 Å². The Morgan fingerprint density at radius 3 is 2.80 bits per heavy atom. The molecule has 5 heteroatoms. The fourth-order valence-corrected chi connectivity index (χ4v) is 1.03. The van der Waals surface area contributed by atoms with E-state index < -0.39 is 0 Å². The largest absolute Gasteiger partial charge is 0.374 e. The third-order valence-corrected chi connectivity index (χ3v) is 1.73. The lowest BCUT2D eigenvalue weighted by Crippen LogP contribution is -1.98. The van der Waals surface area contributed by atoms with Gasteiger partial charge >= 0.3 is 0 Å². The first-order valence-electron chi connectivity index (χ1n) is 2.86. The van der Waals surface area contributed by atoms with Crippen molar-refractivity contribution in [2.45, 2.75) is 13.0 Å². The first-order valence-corrected chi connectivity index (χ1v) is 3.63. The smallest absolute Gasteiger partial charge is 0.200 e. The predicted octanol–water partition coefficient (Wildman–Crippen LogP) is 0.828. The molecule has 0 bridgehead atoms. The van der Waals surface area contributed by atoms with Crippen LogP contribution in [0, 0.1) is 0 Å². The molecule has 0 spiro atoms. The molecule has 0 aliphatic rings. The van der Waals surface area contributed by atoms with Crippen molar-refractivity contribution in [3.05, 3.63) is 5.82 Å². The molecule has 0 radical (unpaired) electrons. The zero-order chi connectivity index (χ0) is 7.56. The van der Waals surface area contributed by atoms with Gasteiger partial charge in [-0.05, 0) is 6.92 Å². The zero-order valence-electron chi connectivity index (χ0n) is 5.87. The van der Waals surface area contributed by atoms with Crippen LogP contribution in [-0.4, -0.2) is 16.5 Å². The minimum absolute atomic E-state index is 0.0615. The van der Waals surface area contributed by atoms with E-state index in [1.165, 1.54) is 11.5 Å². The van der Waals surface area contributed by atoms with Crippen LogP contribution in [0.15, 0.2) is 0 Å². The first-order chi connectivity index (χ1) is 4.74. The summed E-state index contributed by atoms with van der Waals surface area (Å²) in [5, 5.41) is 0.485. The topological polar surface area (TPSA) is 61.0 Å². The number of anilines is 1. The average molecular weight is 159 g/mol. The molecule has 1 heterocycles. The van der Waals surface area contributed by atoms with Gasteiger partial charge in [0.1, 0.15) is 6.10 Å². The molecule has 2 N–H and O–H groups in total. The summed E-state index contributed by atoms with van der Waals surface area (Å²) < 4.78 is 8.94. The number of hydrogen-bond acceptors (Lipinski definition) is 5. The van der Waals surface area contributed by atoms with Crippen molar-refractivity contribution in [3.8, 4) is 0 Å². The van der Waals surface area contributed by atoms with Crippen LogP contribution in [-0.2, 0) is 4.74 Å². The maximum atomic E-state index is 5.36. The van der Waals surface area contributed by atoms with Crippen LogP contribution in [0.2, 0.25) is 0 Å². The van der Waals surface area contributed by atoms with Gasteiger partial charge in [-0.2, -0.15) is 4.37 Å². The highest BCUT2D eigenvalue weighted by Crippen LogP contribution is 2.15. The maximum absolute atomic E-state index is 5.36. The molecular weight excluding hydrogens is 150 g/mol. The molecule has 1 atom stereocenters. The third kappa shape index (κ3) is 1.43. The number of nitrogen functional groups attached to an aromatic ring is 1. The molecule has 0 aromatic carbocycles. The first kappa shape index (κ1) is 7.43. The van der Waals surface area contributed by atoms with Crippen molar-refractivity contribution in [3.63, 3.8) is 0 Å². The Hall–Kier alpha value is -0.680. The average Bonchev–Trinajstić information content (AvgIpc) is 2.34. The van der Waals surface area contributed by atoms with Crippen molar-refractivity contribution in [1.82, 2.24) is 9.36 Å². The summed E-state index contributed by atoms with van der Waals surface area (Å²) in [5.41, 5.74) is 5.36. The summed E-state index contributed by atoms with van der Waals surface area (Å²) in [6.45, 7) is 1.88. The van der Waals surface area contributed by atoms with Crippen LogP contribution in [0.5, 0.6) is 0 Å². The van der Waals surface area contributed by atoms with Gasteiger partial charge in [-0.3, -0.25) is 0 Å². The number of nitrogens with zero attached hydrogens (tertiary/aromatic N) is 2. The molecule has 1 rings (SSSR count). The quantitative estimate of drug-likeness (QED) is 0.694. The van der Waals surface area contributed by atoms with Crippen LogP contribution in [0.25, 0.3) is 0 Å². The number of nitrogens with two attached hydrogens (primary N) is 1. The number of hydrogen-bond donors (Lipinski definition) is 1. The van der Waals surface area contributed by atoms with E-state index in [-0.39, 0.29) is 6.10 Å². The second-order valence-electron chi connectivity index (χ2n) is 1.87. The Kier molecular flexibility index (Phi) is 2.18. The molecule has 4 nitrogen and oxygen atoms in total. The van der Waals surface area contributed by atoms with Crippen molar-refractivity contribution >= 4 is 16.7 Å². The molecule has 10 heavy (non-hydrogen) atoms. The van der Waals surface area contributed by atoms with Crippen LogP contribution < -0.4 is 5.73 Å². The molecule has 0 aliphatic heterocycles. The van der Waals surface area contributed by atoms with Gasteiger partial charge in [0.05, 0.1) is 0 Å². The molecular formula is C5H9N3OS. The van der Waals surface area contributed by atoms with Crippen molar-refractivity contribution < 1.29 is 4.74 Å². The number of rotatable bonds is 2. The summed E-state index contributed by atoms with van der Waals surface area (Å²) in [7, 11) is 1.61. The van der Waals surface area contributed by atoms with Gasteiger partial charge in [0.15, 0.2) is 11.0 Å². The van der Waals surface area contributed by atoms with E-state index in [0.717, 1.165) is 0 Å². The summed E-state index contributed by atoms with van der Waals surface area (Å²) in [6, 6.07) is 0. The molecule has 1 aromatic heterocycles. The minimum Gasteiger partial charge on any atom is -0.374 e. The zero-order valence-corrected chi connectivity index (χ0v) is 6.68. The molecule has 0 aliphatic carbocycles. The fraction of sp³-hybridized carbons (Fsp3) is 0.600.